The van der Waals surface area contributed by atoms with Gasteiger partial charge in [-0.2, -0.15) is 5.10 Å². The van der Waals surface area contributed by atoms with Crippen molar-refractivity contribution in [1.82, 2.24) is 14.7 Å². The molecule has 152 valence electrons. The number of carbonyl (C=O) groups is 1. The van der Waals surface area contributed by atoms with Crippen molar-refractivity contribution in [2.24, 2.45) is 0 Å². The lowest BCUT2D eigenvalue weighted by molar-refractivity contribution is 0.0751. The molecule has 28 heavy (non-hydrogen) atoms. The number of carbonyl (C=O) groups excluding carboxylic acids is 1. The summed E-state index contributed by atoms with van der Waals surface area (Å²) in [7, 11) is -2.96. The van der Waals surface area contributed by atoms with Gasteiger partial charge in [0.25, 0.3) is 5.91 Å². The number of thiophene rings is 1. The molecular formula is C18H23ClN4O3S2. The monoisotopic (exact) mass is 442 g/mol. The van der Waals surface area contributed by atoms with Gasteiger partial charge < -0.3 is 9.80 Å². The van der Waals surface area contributed by atoms with E-state index in [1.165, 1.54) is 11.3 Å². The minimum atomic E-state index is -2.96. The summed E-state index contributed by atoms with van der Waals surface area (Å²) >= 11 is 7.25. The summed E-state index contributed by atoms with van der Waals surface area (Å²) in [6.45, 7) is 6.69. The number of sulfone groups is 1. The van der Waals surface area contributed by atoms with Gasteiger partial charge in [-0.3, -0.25) is 9.48 Å². The molecule has 7 nitrogen and oxygen atoms in total. The molecule has 2 aromatic rings. The first-order valence-electron chi connectivity index (χ1n) is 9.31. The summed E-state index contributed by atoms with van der Waals surface area (Å²) in [6, 6.07) is 3.44. The van der Waals surface area contributed by atoms with Crippen molar-refractivity contribution >= 4 is 44.4 Å². The van der Waals surface area contributed by atoms with Crippen LogP contribution in [0.2, 0.25) is 4.34 Å². The quantitative estimate of drug-likeness (QED) is 0.730. The molecular weight excluding hydrogens is 420 g/mol. The summed E-state index contributed by atoms with van der Waals surface area (Å²) < 4.78 is 26.2. The van der Waals surface area contributed by atoms with Gasteiger partial charge in [0, 0.05) is 26.2 Å². The van der Waals surface area contributed by atoms with Crippen molar-refractivity contribution in [1.29, 1.82) is 0 Å². The number of hydrogen-bond donors (Lipinski definition) is 0. The largest absolute Gasteiger partial charge is 0.365 e. The van der Waals surface area contributed by atoms with Gasteiger partial charge in [0.05, 0.1) is 43.8 Å². The van der Waals surface area contributed by atoms with E-state index in [4.69, 9.17) is 11.6 Å². The molecule has 2 saturated heterocycles. The minimum absolute atomic E-state index is 0.0249. The highest BCUT2D eigenvalue weighted by atomic mass is 35.5. The maximum atomic E-state index is 12.6. The molecule has 0 radical (unpaired) electrons. The summed E-state index contributed by atoms with van der Waals surface area (Å²) in [6.07, 6.45) is 0.620. The van der Waals surface area contributed by atoms with E-state index in [-0.39, 0.29) is 23.5 Å². The Morgan fingerprint density at radius 2 is 1.93 bits per heavy atom. The second-order valence-corrected chi connectivity index (χ2v) is 11.3. The molecule has 0 aliphatic carbocycles. The van der Waals surface area contributed by atoms with Crippen LogP contribution in [0.15, 0.2) is 12.1 Å². The number of aryl methyl sites for hydroxylation is 1. The fraction of sp³-hybridized carbons (Fsp3) is 0.556. The van der Waals surface area contributed by atoms with Gasteiger partial charge in [0.2, 0.25) is 0 Å². The average Bonchev–Trinajstić information content (AvgIpc) is 3.32. The topological polar surface area (TPSA) is 75.5 Å². The lowest BCUT2D eigenvalue weighted by Gasteiger charge is -2.36. The van der Waals surface area contributed by atoms with E-state index in [1.54, 1.807) is 12.1 Å². The highest BCUT2D eigenvalue weighted by molar-refractivity contribution is 7.91. The summed E-state index contributed by atoms with van der Waals surface area (Å²) in [4.78, 5) is 17.4. The molecule has 0 bridgehead atoms. The maximum absolute atomic E-state index is 12.6. The van der Waals surface area contributed by atoms with E-state index < -0.39 is 9.84 Å². The standard InChI is InChI=1S/C18H23ClN4O3S2/c1-12-17(13(2)23(20-12)14-5-10-28(25,26)11-14)21-6-8-22(9-7-21)18(24)15-3-4-16(19)27-15/h3-4,14H,5-11H2,1-2H3/t14-/m0/s1. The van der Waals surface area contributed by atoms with Crippen LogP contribution in [-0.4, -0.2) is 66.7 Å². The van der Waals surface area contributed by atoms with E-state index in [0.717, 1.165) is 30.2 Å². The van der Waals surface area contributed by atoms with Gasteiger partial charge in [-0.15, -0.1) is 11.3 Å². The number of rotatable bonds is 3. The molecule has 2 aliphatic rings. The van der Waals surface area contributed by atoms with Gasteiger partial charge in [0.15, 0.2) is 9.84 Å². The van der Waals surface area contributed by atoms with Crippen LogP contribution in [0.1, 0.15) is 33.5 Å². The highest BCUT2D eigenvalue weighted by Gasteiger charge is 2.33. The Kier molecular flexibility index (Phi) is 5.18. The van der Waals surface area contributed by atoms with E-state index >= 15 is 0 Å². The second kappa shape index (κ2) is 7.35. The van der Waals surface area contributed by atoms with Crippen molar-refractivity contribution in [3.05, 3.63) is 32.7 Å². The van der Waals surface area contributed by atoms with Gasteiger partial charge in [0.1, 0.15) is 0 Å². The summed E-state index contributed by atoms with van der Waals surface area (Å²) in [5.41, 5.74) is 2.98. The van der Waals surface area contributed by atoms with Crippen LogP contribution >= 0.6 is 22.9 Å². The first-order valence-corrected chi connectivity index (χ1v) is 12.3. The number of piperazine rings is 1. The Hall–Kier alpha value is -1.58. The number of amides is 1. The third-order valence-electron chi connectivity index (χ3n) is 5.51. The summed E-state index contributed by atoms with van der Waals surface area (Å²) in [5, 5.41) is 4.65. The van der Waals surface area contributed by atoms with Crippen LogP contribution in [0.4, 0.5) is 5.69 Å². The van der Waals surface area contributed by atoms with Crippen LogP contribution in [-0.2, 0) is 9.84 Å². The molecule has 0 spiro atoms. The smallest absolute Gasteiger partial charge is 0.264 e. The van der Waals surface area contributed by atoms with Crippen molar-refractivity contribution < 1.29 is 13.2 Å². The molecule has 0 unspecified atom stereocenters. The van der Waals surface area contributed by atoms with Crippen LogP contribution < -0.4 is 4.90 Å². The van der Waals surface area contributed by atoms with Gasteiger partial charge >= 0.3 is 0 Å². The Labute approximate surface area is 173 Å². The van der Waals surface area contributed by atoms with Gasteiger partial charge in [-0.25, -0.2) is 8.42 Å². The van der Waals surface area contributed by atoms with Gasteiger partial charge in [-0.1, -0.05) is 11.6 Å². The van der Waals surface area contributed by atoms with E-state index in [0.29, 0.717) is 28.7 Å². The molecule has 0 aromatic carbocycles. The zero-order chi connectivity index (χ0) is 20.1. The minimum Gasteiger partial charge on any atom is -0.365 e. The number of anilines is 1. The normalized spacial score (nSPS) is 22.0. The van der Waals surface area contributed by atoms with Crippen molar-refractivity contribution in [2.45, 2.75) is 26.3 Å². The fourth-order valence-electron chi connectivity index (χ4n) is 4.15. The zero-order valence-corrected chi connectivity index (χ0v) is 18.3. The van der Waals surface area contributed by atoms with Crippen LogP contribution in [0.25, 0.3) is 0 Å². The molecule has 2 aromatic heterocycles. The lowest BCUT2D eigenvalue weighted by Crippen LogP contribution is -2.49. The van der Waals surface area contributed by atoms with E-state index in [2.05, 4.69) is 10.00 Å². The lowest BCUT2D eigenvalue weighted by atomic mass is 10.2. The average molecular weight is 443 g/mol. The molecule has 1 amide bonds. The molecule has 0 saturated carbocycles. The Bertz CT molecular complexity index is 1010. The first-order chi connectivity index (χ1) is 13.2. The zero-order valence-electron chi connectivity index (χ0n) is 15.9. The summed E-state index contributed by atoms with van der Waals surface area (Å²) in [5.74, 6) is 0.427. The number of halogens is 1. The van der Waals surface area contributed by atoms with Crippen molar-refractivity contribution in [2.75, 3.05) is 42.6 Å². The predicted molar refractivity (Wildman–Crippen MR) is 111 cm³/mol. The van der Waals surface area contributed by atoms with Crippen LogP contribution in [0, 0.1) is 13.8 Å². The molecule has 4 rings (SSSR count). The third-order valence-corrected chi connectivity index (χ3v) is 8.48. The maximum Gasteiger partial charge on any atom is 0.264 e. The molecule has 0 N–H and O–H groups in total. The van der Waals surface area contributed by atoms with Crippen molar-refractivity contribution in [3.8, 4) is 0 Å². The Morgan fingerprint density at radius 3 is 2.50 bits per heavy atom. The molecule has 10 heteroatoms. The Balaban J connectivity index is 1.47. The van der Waals surface area contributed by atoms with Crippen molar-refractivity contribution in [3.63, 3.8) is 0 Å². The molecule has 2 fully saturated rings. The number of aromatic nitrogens is 2. The Morgan fingerprint density at radius 1 is 1.21 bits per heavy atom. The molecule has 4 heterocycles. The fourth-order valence-corrected chi connectivity index (χ4v) is 6.86. The SMILES string of the molecule is Cc1nn([C@H]2CCS(=O)(=O)C2)c(C)c1N1CCN(C(=O)c2ccc(Cl)s2)CC1. The molecule has 1 atom stereocenters. The van der Waals surface area contributed by atoms with Crippen LogP contribution in [0.5, 0.6) is 0 Å². The van der Waals surface area contributed by atoms with Gasteiger partial charge in [-0.05, 0) is 32.4 Å². The van der Waals surface area contributed by atoms with E-state index in [9.17, 15) is 13.2 Å². The highest BCUT2D eigenvalue weighted by Crippen LogP contribution is 2.32. The number of nitrogens with zero attached hydrogens (tertiary/aromatic N) is 4. The van der Waals surface area contributed by atoms with E-state index in [1.807, 2.05) is 23.4 Å². The third kappa shape index (κ3) is 3.67. The first kappa shape index (κ1) is 19.7. The van der Waals surface area contributed by atoms with Crippen LogP contribution in [0.3, 0.4) is 0 Å². The predicted octanol–water partition coefficient (Wildman–Crippen LogP) is 2.54. The molecule has 2 aliphatic heterocycles. The second-order valence-electron chi connectivity index (χ2n) is 7.40. The number of hydrogen-bond acceptors (Lipinski definition) is 6.